The molecule has 3 unspecified atom stereocenters. The predicted octanol–water partition coefficient (Wildman–Crippen LogP) is 1.39. The van der Waals surface area contributed by atoms with E-state index >= 15 is 0 Å². The molecule has 0 radical (unpaired) electrons. The lowest BCUT2D eigenvalue weighted by Gasteiger charge is -2.42. The maximum Gasteiger partial charge on any atom is 0.0757 e. The van der Waals surface area contributed by atoms with Crippen LogP contribution in [-0.2, 0) is 4.74 Å². The zero-order valence-corrected chi connectivity index (χ0v) is 10.6. The predicted molar refractivity (Wildman–Crippen MR) is 66.3 cm³/mol. The summed E-state index contributed by atoms with van der Waals surface area (Å²) in [7, 11) is 0. The molecule has 92 valence electrons. The van der Waals surface area contributed by atoms with E-state index in [1.807, 2.05) is 0 Å². The minimum absolute atomic E-state index is 0.0118. The molecule has 3 nitrogen and oxygen atoms in total. The zero-order chi connectivity index (χ0) is 11.8. The second-order valence-corrected chi connectivity index (χ2v) is 5.93. The number of nitrogens with two attached hydrogens (primary N) is 1. The average molecular weight is 224 g/mol. The number of morpholine rings is 1. The topological polar surface area (TPSA) is 38.5 Å². The van der Waals surface area contributed by atoms with Crippen LogP contribution in [0.3, 0.4) is 0 Å². The van der Waals surface area contributed by atoms with E-state index in [1.165, 1.54) is 0 Å². The second kappa shape index (κ2) is 4.47. The fraction of sp³-hybridized carbons (Fsp3) is 0.846. The van der Waals surface area contributed by atoms with Crippen LogP contribution in [0.4, 0.5) is 0 Å². The summed E-state index contributed by atoms with van der Waals surface area (Å²) >= 11 is 0. The lowest BCUT2D eigenvalue weighted by Crippen LogP contribution is -2.52. The Morgan fingerprint density at radius 3 is 2.75 bits per heavy atom. The minimum atomic E-state index is -0.0118. The Kier molecular flexibility index (Phi) is 3.38. The van der Waals surface area contributed by atoms with Crippen molar-refractivity contribution in [2.75, 3.05) is 19.6 Å². The Balaban J connectivity index is 1.88. The van der Waals surface area contributed by atoms with Crippen molar-refractivity contribution in [1.29, 1.82) is 0 Å². The van der Waals surface area contributed by atoms with Gasteiger partial charge in [-0.05, 0) is 33.1 Å². The van der Waals surface area contributed by atoms with Crippen molar-refractivity contribution >= 4 is 0 Å². The maximum atomic E-state index is 5.91. The maximum absolute atomic E-state index is 5.91. The molecule has 0 amide bonds. The first-order valence-corrected chi connectivity index (χ1v) is 6.29. The van der Waals surface area contributed by atoms with Crippen molar-refractivity contribution in [3.8, 4) is 0 Å². The largest absolute Gasteiger partial charge is 0.370 e. The van der Waals surface area contributed by atoms with Gasteiger partial charge in [0.15, 0.2) is 0 Å². The molecule has 3 heteroatoms. The first kappa shape index (κ1) is 12.1. The monoisotopic (exact) mass is 224 g/mol. The van der Waals surface area contributed by atoms with Crippen LogP contribution in [0.5, 0.6) is 0 Å². The molecule has 2 aliphatic rings. The van der Waals surface area contributed by atoms with Crippen LogP contribution in [0, 0.1) is 5.92 Å². The summed E-state index contributed by atoms with van der Waals surface area (Å²) < 4.78 is 5.91. The van der Waals surface area contributed by atoms with Gasteiger partial charge in [0.05, 0.1) is 11.7 Å². The van der Waals surface area contributed by atoms with Crippen molar-refractivity contribution in [1.82, 2.24) is 4.90 Å². The van der Waals surface area contributed by atoms with Crippen molar-refractivity contribution in [2.45, 2.75) is 44.9 Å². The molecule has 2 N–H and O–H groups in total. The Hall–Kier alpha value is -0.380. The molecule has 1 aliphatic heterocycles. The number of hydrogen-bond donors (Lipinski definition) is 1. The van der Waals surface area contributed by atoms with Gasteiger partial charge in [-0.25, -0.2) is 0 Å². The normalized spacial score (nSPS) is 39.1. The second-order valence-electron chi connectivity index (χ2n) is 5.93. The molecule has 2 rings (SSSR count). The van der Waals surface area contributed by atoms with Gasteiger partial charge in [0.1, 0.15) is 0 Å². The molecule has 0 bridgehead atoms. The van der Waals surface area contributed by atoms with Crippen LogP contribution in [0.15, 0.2) is 12.2 Å². The molecule has 0 aromatic heterocycles. The molecular weight excluding hydrogens is 200 g/mol. The third-order valence-electron chi connectivity index (χ3n) is 3.34. The van der Waals surface area contributed by atoms with Gasteiger partial charge in [0, 0.05) is 25.7 Å². The lowest BCUT2D eigenvalue weighted by atomic mass is 10.0. The summed E-state index contributed by atoms with van der Waals surface area (Å²) in [6.45, 7) is 9.70. The summed E-state index contributed by atoms with van der Waals surface area (Å²) in [6, 6.07) is 0.275. The molecular formula is C13H24N2O. The van der Waals surface area contributed by atoms with E-state index in [-0.39, 0.29) is 11.6 Å². The molecule has 16 heavy (non-hydrogen) atoms. The highest BCUT2D eigenvalue weighted by atomic mass is 16.5. The van der Waals surface area contributed by atoms with E-state index in [9.17, 15) is 0 Å². The number of nitrogens with zero attached hydrogens (tertiary/aromatic N) is 1. The lowest BCUT2D eigenvalue weighted by molar-refractivity contribution is -0.130. The summed E-state index contributed by atoms with van der Waals surface area (Å²) in [6.07, 6.45) is 5.85. The Bertz CT molecular complexity index is 275. The molecule has 0 saturated carbocycles. The highest BCUT2D eigenvalue weighted by Gasteiger charge is 2.32. The van der Waals surface area contributed by atoms with E-state index in [0.29, 0.717) is 12.0 Å². The first-order valence-electron chi connectivity index (χ1n) is 6.29. The van der Waals surface area contributed by atoms with E-state index in [2.05, 4.69) is 37.8 Å². The highest BCUT2D eigenvalue weighted by Crippen LogP contribution is 2.24. The summed E-state index contributed by atoms with van der Waals surface area (Å²) in [5, 5.41) is 0. The van der Waals surface area contributed by atoms with E-state index in [0.717, 1.165) is 26.1 Å². The molecule has 0 spiro atoms. The first-order chi connectivity index (χ1) is 7.44. The molecule has 0 aromatic carbocycles. The molecule has 1 heterocycles. The molecule has 1 aliphatic carbocycles. The Labute approximate surface area is 98.6 Å². The van der Waals surface area contributed by atoms with Crippen molar-refractivity contribution < 1.29 is 4.74 Å². The smallest absolute Gasteiger partial charge is 0.0757 e. The van der Waals surface area contributed by atoms with Crippen LogP contribution < -0.4 is 5.73 Å². The van der Waals surface area contributed by atoms with Gasteiger partial charge in [0.2, 0.25) is 0 Å². The third-order valence-corrected chi connectivity index (χ3v) is 3.34. The standard InChI is InChI=1S/C13H24N2O/c1-10-7-15(9-13(2,3)16-10)8-11-4-5-12(14)6-11/h4-5,10-12H,6-9,14H2,1-3H3. The SMILES string of the molecule is CC1CN(CC2C=CC(N)C2)CC(C)(C)O1. The fourth-order valence-electron chi connectivity index (χ4n) is 3.00. The van der Waals surface area contributed by atoms with Gasteiger partial charge >= 0.3 is 0 Å². The highest BCUT2D eigenvalue weighted by molar-refractivity contribution is 5.05. The Morgan fingerprint density at radius 1 is 1.44 bits per heavy atom. The van der Waals surface area contributed by atoms with E-state index < -0.39 is 0 Å². The van der Waals surface area contributed by atoms with E-state index in [1.54, 1.807) is 0 Å². The van der Waals surface area contributed by atoms with Crippen LogP contribution in [0.1, 0.15) is 27.2 Å². The summed E-state index contributed by atoms with van der Waals surface area (Å²) in [5.41, 5.74) is 5.87. The van der Waals surface area contributed by atoms with Crippen molar-refractivity contribution in [3.63, 3.8) is 0 Å². The number of ether oxygens (including phenoxy) is 1. The average Bonchev–Trinajstić information content (AvgIpc) is 2.46. The van der Waals surface area contributed by atoms with Crippen LogP contribution >= 0.6 is 0 Å². The van der Waals surface area contributed by atoms with Crippen LogP contribution in [0.2, 0.25) is 0 Å². The minimum Gasteiger partial charge on any atom is -0.370 e. The summed E-state index contributed by atoms with van der Waals surface area (Å²) in [5.74, 6) is 0.635. The number of rotatable bonds is 2. The van der Waals surface area contributed by atoms with Gasteiger partial charge in [0.25, 0.3) is 0 Å². The van der Waals surface area contributed by atoms with Crippen molar-refractivity contribution in [3.05, 3.63) is 12.2 Å². The molecule has 1 fully saturated rings. The van der Waals surface area contributed by atoms with Crippen LogP contribution in [-0.4, -0.2) is 42.3 Å². The zero-order valence-electron chi connectivity index (χ0n) is 10.6. The van der Waals surface area contributed by atoms with Gasteiger partial charge in [-0.2, -0.15) is 0 Å². The molecule has 0 aromatic rings. The van der Waals surface area contributed by atoms with Gasteiger partial charge in [-0.15, -0.1) is 0 Å². The fourth-order valence-corrected chi connectivity index (χ4v) is 3.00. The summed E-state index contributed by atoms with van der Waals surface area (Å²) in [4.78, 5) is 2.52. The molecule has 3 atom stereocenters. The van der Waals surface area contributed by atoms with Gasteiger partial charge in [-0.3, -0.25) is 4.90 Å². The third kappa shape index (κ3) is 3.06. The van der Waals surface area contributed by atoms with Crippen LogP contribution in [0.25, 0.3) is 0 Å². The van der Waals surface area contributed by atoms with Gasteiger partial charge in [-0.1, -0.05) is 12.2 Å². The van der Waals surface area contributed by atoms with E-state index in [4.69, 9.17) is 10.5 Å². The Morgan fingerprint density at radius 2 is 2.19 bits per heavy atom. The van der Waals surface area contributed by atoms with Gasteiger partial charge < -0.3 is 10.5 Å². The van der Waals surface area contributed by atoms with Crippen molar-refractivity contribution in [2.24, 2.45) is 11.7 Å². The number of hydrogen-bond acceptors (Lipinski definition) is 3. The quantitative estimate of drug-likeness (QED) is 0.720. The molecule has 1 saturated heterocycles.